The Balaban J connectivity index is 1.70. The first-order valence-electron chi connectivity index (χ1n) is 7.16. The second-order valence-corrected chi connectivity index (χ2v) is 5.13. The van der Waals surface area contributed by atoms with Crippen LogP contribution in [0.15, 0.2) is 41.6 Å². The van der Waals surface area contributed by atoms with E-state index in [4.69, 9.17) is 0 Å². The van der Waals surface area contributed by atoms with E-state index in [-0.39, 0.29) is 17.9 Å². The number of aryl methyl sites for hydroxylation is 1. The highest BCUT2D eigenvalue weighted by Gasteiger charge is 2.11. The van der Waals surface area contributed by atoms with Crippen LogP contribution < -0.4 is 15.6 Å². The first-order chi connectivity index (χ1) is 11.9. The zero-order chi connectivity index (χ0) is 18.0. The van der Waals surface area contributed by atoms with Gasteiger partial charge < -0.3 is 10.1 Å². The largest absolute Gasteiger partial charge is 0.435 e. The Labute approximate surface area is 139 Å². The van der Waals surface area contributed by atoms with Crippen molar-refractivity contribution < 1.29 is 18.3 Å². The van der Waals surface area contributed by atoms with Crippen LogP contribution in [0.3, 0.4) is 0 Å². The maximum Gasteiger partial charge on any atom is 0.387 e. The molecule has 1 N–H and O–H groups in total. The van der Waals surface area contributed by atoms with Gasteiger partial charge in [0.2, 0.25) is 5.91 Å². The third-order valence-corrected chi connectivity index (χ3v) is 3.40. The lowest BCUT2D eigenvalue weighted by atomic mass is 10.3. The van der Waals surface area contributed by atoms with E-state index in [0.29, 0.717) is 16.7 Å². The number of benzene rings is 1. The third-order valence-electron chi connectivity index (χ3n) is 3.40. The Morgan fingerprint density at radius 3 is 2.72 bits per heavy atom. The number of amides is 1. The Kier molecular flexibility index (Phi) is 4.42. The summed E-state index contributed by atoms with van der Waals surface area (Å²) >= 11 is 0. The van der Waals surface area contributed by atoms with Gasteiger partial charge in [0.15, 0.2) is 5.65 Å². The molecule has 0 fully saturated rings. The molecule has 0 bridgehead atoms. The summed E-state index contributed by atoms with van der Waals surface area (Å²) in [5.74, 6) is -0.481. The standard InChI is InChI=1S/C15H13F2N5O3/c1-21-13-11(6-19-21)14(24)22(8-18-13)7-12(23)20-9-2-4-10(5-3-9)25-15(16)17/h2-6,8,15H,7H2,1H3,(H,20,23). The molecule has 1 amide bonds. The molecule has 130 valence electrons. The van der Waals surface area contributed by atoms with Gasteiger partial charge in [-0.2, -0.15) is 13.9 Å². The van der Waals surface area contributed by atoms with E-state index in [1.54, 1.807) is 7.05 Å². The molecule has 25 heavy (non-hydrogen) atoms. The number of halogens is 2. The Morgan fingerprint density at radius 2 is 2.04 bits per heavy atom. The number of anilines is 1. The van der Waals surface area contributed by atoms with Crippen molar-refractivity contribution >= 4 is 22.6 Å². The van der Waals surface area contributed by atoms with Gasteiger partial charge in [0.25, 0.3) is 5.56 Å². The molecule has 0 saturated carbocycles. The molecule has 3 rings (SSSR count). The van der Waals surface area contributed by atoms with Crippen LogP contribution in [-0.4, -0.2) is 31.9 Å². The van der Waals surface area contributed by atoms with Gasteiger partial charge in [-0.05, 0) is 24.3 Å². The van der Waals surface area contributed by atoms with Gasteiger partial charge >= 0.3 is 6.61 Å². The number of fused-ring (bicyclic) bond motifs is 1. The molecule has 2 heterocycles. The van der Waals surface area contributed by atoms with E-state index >= 15 is 0 Å². The van der Waals surface area contributed by atoms with E-state index in [1.165, 1.54) is 41.5 Å². The number of hydrogen-bond acceptors (Lipinski definition) is 5. The van der Waals surface area contributed by atoms with Crippen LogP contribution in [0.4, 0.5) is 14.5 Å². The summed E-state index contributed by atoms with van der Waals surface area (Å²) in [4.78, 5) is 28.4. The molecule has 0 unspecified atom stereocenters. The van der Waals surface area contributed by atoms with Crippen molar-refractivity contribution in [3.8, 4) is 5.75 Å². The van der Waals surface area contributed by atoms with E-state index in [1.807, 2.05) is 0 Å². The lowest BCUT2D eigenvalue weighted by Gasteiger charge is -2.08. The Hall–Kier alpha value is -3.30. The fourth-order valence-electron chi connectivity index (χ4n) is 2.25. The Bertz CT molecular complexity index is 965. The number of hydrogen-bond donors (Lipinski definition) is 1. The maximum atomic E-state index is 12.3. The van der Waals surface area contributed by atoms with E-state index in [2.05, 4.69) is 20.1 Å². The topological polar surface area (TPSA) is 91.0 Å². The van der Waals surface area contributed by atoms with Crippen molar-refractivity contribution in [1.82, 2.24) is 19.3 Å². The SMILES string of the molecule is Cn1ncc2c(=O)n(CC(=O)Nc3ccc(OC(F)F)cc3)cnc21. The van der Waals surface area contributed by atoms with Crippen LogP contribution in [0, 0.1) is 0 Å². The van der Waals surface area contributed by atoms with Crippen molar-refractivity contribution in [3.63, 3.8) is 0 Å². The van der Waals surface area contributed by atoms with E-state index in [9.17, 15) is 18.4 Å². The van der Waals surface area contributed by atoms with Crippen molar-refractivity contribution in [2.24, 2.45) is 7.05 Å². The molecular formula is C15H13F2N5O3. The molecule has 0 radical (unpaired) electrons. The quantitative estimate of drug-likeness (QED) is 0.751. The van der Waals surface area contributed by atoms with Crippen molar-refractivity contribution in [2.75, 3.05) is 5.32 Å². The van der Waals surface area contributed by atoms with Gasteiger partial charge in [-0.15, -0.1) is 0 Å². The number of nitrogens with one attached hydrogen (secondary N) is 1. The predicted octanol–water partition coefficient (Wildman–Crippen LogP) is 1.37. The number of alkyl halides is 2. The van der Waals surface area contributed by atoms with Gasteiger partial charge in [-0.25, -0.2) is 4.98 Å². The molecule has 0 saturated heterocycles. The second-order valence-electron chi connectivity index (χ2n) is 5.13. The number of carbonyl (C=O) groups excluding carboxylic acids is 1. The molecule has 8 nitrogen and oxygen atoms in total. The number of aromatic nitrogens is 4. The molecule has 3 aromatic rings. The van der Waals surface area contributed by atoms with Crippen LogP contribution in [0.1, 0.15) is 0 Å². The predicted molar refractivity (Wildman–Crippen MR) is 84.5 cm³/mol. The van der Waals surface area contributed by atoms with Gasteiger partial charge in [-0.1, -0.05) is 0 Å². The summed E-state index contributed by atoms with van der Waals surface area (Å²) in [6, 6.07) is 5.44. The summed E-state index contributed by atoms with van der Waals surface area (Å²) in [5, 5.41) is 6.82. The molecule has 0 aliphatic heterocycles. The van der Waals surface area contributed by atoms with E-state index < -0.39 is 12.5 Å². The van der Waals surface area contributed by atoms with Gasteiger partial charge in [0.05, 0.1) is 6.20 Å². The molecule has 10 heteroatoms. The molecule has 0 atom stereocenters. The highest BCUT2D eigenvalue weighted by atomic mass is 19.3. The highest BCUT2D eigenvalue weighted by Crippen LogP contribution is 2.17. The number of rotatable bonds is 5. The zero-order valence-corrected chi connectivity index (χ0v) is 13.0. The third kappa shape index (κ3) is 3.62. The molecule has 2 aromatic heterocycles. The maximum absolute atomic E-state index is 12.3. The minimum atomic E-state index is -2.91. The molecule has 0 aliphatic rings. The van der Waals surface area contributed by atoms with Crippen molar-refractivity contribution in [2.45, 2.75) is 13.2 Å². The summed E-state index contributed by atoms with van der Waals surface area (Å²) < 4.78 is 31.0. The van der Waals surface area contributed by atoms with Crippen molar-refractivity contribution in [1.29, 1.82) is 0 Å². The summed E-state index contributed by atoms with van der Waals surface area (Å²) in [5.41, 5.74) is 0.431. The van der Waals surface area contributed by atoms with Crippen molar-refractivity contribution in [3.05, 3.63) is 47.1 Å². The first kappa shape index (κ1) is 16.6. The molecule has 0 aliphatic carbocycles. The second kappa shape index (κ2) is 6.67. The lowest BCUT2D eigenvalue weighted by molar-refractivity contribution is -0.116. The fraction of sp³-hybridized carbons (Fsp3) is 0.200. The van der Waals surface area contributed by atoms with Gasteiger partial charge in [-0.3, -0.25) is 18.8 Å². The summed E-state index contributed by atoms with van der Waals surface area (Å²) in [7, 11) is 1.66. The average Bonchev–Trinajstić information content (AvgIpc) is 2.93. The minimum Gasteiger partial charge on any atom is -0.435 e. The average molecular weight is 349 g/mol. The number of carbonyl (C=O) groups is 1. The first-order valence-corrected chi connectivity index (χ1v) is 7.16. The summed E-state index contributed by atoms with van der Waals surface area (Å²) in [6.45, 7) is -3.16. The van der Waals surface area contributed by atoms with E-state index in [0.717, 1.165) is 4.57 Å². The molecule has 1 aromatic carbocycles. The van der Waals surface area contributed by atoms with Gasteiger partial charge in [0.1, 0.15) is 24.0 Å². The number of ether oxygens (including phenoxy) is 1. The highest BCUT2D eigenvalue weighted by molar-refractivity contribution is 5.90. The zero-order valence-electron chi connectivity index (χ0n) is 13.0. The number of nitrogens with zero attached hydrogens (tertiary/aromatic N) is 4. The van der Waals surface area contributed by atoms with Crippen LogP contribution in [0.5, 0.6) is 5.75 Å². The molecule has 0 spiro atoms. The molecular weight excluding hydrogens is 336 g/mol. The normalized spacial score (nSPS) is 11.0. The van der Waals surface area contributed by atoms with Gasteiger partial charge in [0, 0.05) is 12.7 Å². The summed E-state index contributed by atoms with van der Waals surface area (Å²) in [6.07, 6.45) is 2.66. The van der Waals surface area contributed by atoms with Crippen LogP contribution in [0.25, 0.3) is 11.0 Å². The lowest BCUT2D eigenvalue weighted by Crippen LogP contribution is -2.27. The monoisotopic (exact) mass is 349 g/mol. The Morgan fingerprint density at radius 1 is 1.32 bits per heavy atom. The smallest absolute Gasteiger partial charge is 0.387 e. The minimum absolute atomic E-state index is 0.0181. The fourth-order valence-corrected chi connectivity index (χ4v) is 2.25. The van der Waals surface area contributed by atoms with Crippen LogP contribution in [0.2, 0.25) is 0 Å². The van der Waals surface area contributed by atoms with Crippen LogP contribution >= 0.6 is 0 Å². The van der Waals surface area contributed by atoms with Crippen LogP contribution in [-0.2, 0) is 18.4 Å².